The van der Waals surface area contributed by atoms with Crippen molar-refractivity contribution in [1.29, 1.82) is 0 Å². The smallest absolute Gasteiger partial charge is 0.289 e. The van der Waals surface area contributed by atoms with Crippen molar-refractivity contribution in [3.8, 4) is 0 Å². The Balaban J connectivity index is 2.88. The summed E-state index contributed by atoms with van der Waals surface area (Å²) in [5.74, 6) is 0. The number of likely N-dealkylation sites (N-methyl/N-ethyl adjacent to an activating group) is 1. The van der Waals surface area contributed by atoms with Crippen LogP contribution in [0.2, 0.25) is 0 Å². The second-order valence-electron chi connectivity index (χ2n) is 3.48. The van der Waals surface area contributed by atoms with E-state index < -0.39 is 20.6 Å². The molecule has 7 nitrogen and oxygen atoms in total. The molecule has 0 aromatic heterocycles. The highest BCUT2D eigenvalue weighted by Crippen LogP contribution is 2.22. The highest BCUT2D eigenvalue weighted by molar-refractivity contribution is 7.89. The van der Waals surface area contributed by atoms with Crippen molar-refractivity contribution >= 4 is 15.7 Å². The molecular weight excluding hydrogens is 258 g/mol. The molecule has 0 heterocycles. The number of sulfonamides is 1. The van der Waals surface area contributed by atoms with Gasteiger partial charge < -0.3 is 5.32 Å². The Bertz CT molecular complexity index is 516. The molecule has 1 aromatic carbocycles. The lowest BCUT2D eigenvalue weighted by molar-refractivity contribution is -0.387. The number of nitrogens with zero attached hydrogens (tertiary/aromatic N) is 1. The van der Waals surface area contributed by atoms with E-state index in [0.717, 1.165) is 6.54 Å². The molecule has 0 aliphatic rings. The lowest BCUT2D eigenvalue weighted by Crippen LogP contribution is -2.32. The van der Waals surface area contributed by atoms with Gasteiger partial charge in [-0.05, 0) is 12.6 Å². The largest absolute Gasteiger partial charge is 0.316 e. The average molecular weight is 273 g/mol. The lowest BCUT2D eigenvalue weighted by Gasteiger charge is -2.07. The first-order valence-corrected chi connectivity index (χ1v) is 6.91. The van der Waals surface area contributed by atoms with E-state index in [1.807, 2.05) is 6.92 Å². The number of nitro groups is 1. The second kappa shape index (κ2) is 6.43. The molecule has 0 aliphatic heterocycles. The van der Waals surface area contributed by atoms with Gasteiger partial charge in [-0.25, -0.2) is 13.1 Å². The topological polar surface area (TPSA) is 101 Å². The Morgan fingerprint density at radius 3 is 2.56 bits per heavy atom. The van der Waals surface area contributed by atoms with Gasteiger partial charge in [0.15, 0.2) is 4.90 Å². The standard InChI is InChI=1S/C10H15N3O4S/c1-2-11-7-8-12-18(16,17)10-6-4-3-5-9(10)13(14)15/h3-6,11-12H,2,7-8H2,1H3. The third-order valence-corrected chi connectivity index (χ3v) is 3.70. The fraction of sp³-hybridized carbons (Fsp3) is 0.400. The second-order valence-corrected chi connectivity index (χ2v) is 5.21. The molecule has 100 valence electrons. The quantitative estimate of drug-likeness (QED) is 0.427. The van der Waals surface area contributed by atoms with Gasteiger partial charge >= 0.3 is 0 Å². The molecule has 8 heteroatoms. The fourth-order valence-corrected chi connectivity index (χ4v) is 2.57. The molecule has 0 aliphatic carbocycles. The van der Waals surface area contributed by atoms with E-state index in [2.05, 4.69) is 10.0 Å². The van der Waals surface area contributed by atoms with Crippen molar-refractivity contribution in [3.05, 3.63) is 34.4 Å². The number of hydrogen-bond donors (Lipinski definition) is 2. The molecule has 0 fully saturated rings. The van der Waals surface area contributed by atoms with Crippen LogP contribution in [0.5, 0.6) is 0 Å². The minimum atomic E-state index is -3.85. The molecule has 0 bridgehead atoms. The number of rotatable bonds is 7. The van der Waals surface area contributed by atoms with Gasteiger partial charge in [0.05, 0.1) is 4.92 Å². The molecule has 0 unspecified atom stereocenters. The van der Waals surface area contributed by atoms with E-state index in [9.17, 15) is 18.5 Å². The number of para-hydroxylation sites is 1. The van der Waals surface area contributed by atoms with Crippen LogP contribution in [0, 0.1) is 10.1 Å². The summed E-state index contributed by atoms with van der Waals surface area (Å²) in [6.07, 6.45) is 0. The van der Waals surface area contributed by atoms with Gasteiger partial charge in [0.1, 0.15) is 0 Å². The van der Waals surface area contributed by atoms with Gasteiger partial charge in [-0.3, -0.25) is 10.1 Å². The van der Waals surface area contributed by atoms with E-state index in [1.54, 1.807) is 0 Å². The Kier molecular flexibility index (Phi) is 5.20. The van der Waals surface area contributed by atoms with E-state index in [0.29, 0.717) is 6.54 Å². The van der Waals surface area contributed by atoms with Gasteiger partial charge in [-0.1, -0.05) is 19.1 Å². The Labute approximate surface area is 105 Å². The summed E-state index contributed by atoms with van der Waals surface area (Å²) < 4.78 is 26.1. The molecule has 0 saturated heterocycles. The molecule has 0 spiro atoms. The summed E-state index contributed by atoms with van der Waals surface area (Å²) in [7, 11) is -3.85. The Morgan fingerprint density at radius 1 is 1.28 bits per heavy atom. The predicted octanol–water partition coefficient (Wildman–Crippen LogP) is 0.483. The van der Waals surface area contributed by atoms with Crippen LogP contribution in [0.3, 0.4) is 0 Å². The van der Waals surface area contributed by atoms with Crippen LogP contribution in [0.1, 0.15) is 6.92 Å². The Hall–Kier alpha value is -1.51. The maximum atomic E-state index is 11.9. The molecule has 0 saturated carbocycles. The van der Waals surface area contributed by atoms with Crippen LogP contribution < -0.4 is 10.0 Å². The molecule has 0 radical (unpaired) electrons. The van der Waals surface area contributed by atoms with Gasteiger partial charge in [0.2, 0.25) is 10.0 Å². The number of nitro benzene ring substituents is 1. The van der Waals surface area contributed by atoms with Gasteiger partial charge in [0, 0.05) is 19.2 Å². The van der Waals surface area contributed by atoms with E-state index >= 15 is 0 Å². The van der Waals surface area contributed by atoms with Crippen molar-refractivity contribution in [2.75, 3.05) is 19.6 Å². The molecule has 1 aromatic rings. The first kappa shape index (κ1) is 14.6. The first-order chi connectivity index (χ1) is 8.49. The van der Waals surface area contributed by atoms with Crippen LogP contribution >= 0.6 is 0 Å². The van der Waals surface area contributed by atoms with Crippen LogP contribution in [-0.2, 0) is 10.0 Å². The van der Waals surface area contributed by atoms with Crippen molar-refractivity contribution in [3.63, 3.8) is 0 Å². The number of nitrogens with one attached hydrogen (secondary N) is 2. The fourth-order valence-electron chi connectivity index (χ4n) is 1.36. The summed E-state index contributed by atoms with van der Waals surface area (Å²) in [6, 6.07) is 5.26. The summed E-state index contributed by atoms with van der Waals surface area (Å²) >= 11 is 0. The van der Waals surface area contributed by atoms with Crippen molar-refractivity contribution in [2.24, 2.45) is 0 Å². The maximum Gasteiger partial charge on any atom is 0.289 e. The number of hydrogen-bond acceptors (Lipinski definition) is 5. The zero-order chi connectivity index (χ0) is 13.6. The molecular formula is C10H15N3O4S. The normalized spacial score (nSPS) is 11.4. The molecule has 1 rings (SSSR count). The summed E-state index contributed by atoms with van der Waals surface area (Å²) in [6.45, 7) is 3.28. The highest BCUT2D eigenvalue weighted by atomic mass is 32.2. The van der Waals surface area contributed by atoms with E-state index in [1.165, 1.54) is 24.3 Å². The minimum absolute atomic E-state index is 0.183. The highest BCUT2D eigenvalue weighted by Gasteiger charge is 2.24. The lowest BCUT2D eigenvalue weighted by atomic mass is 10.3. The summed E-state index contributed by atoms with van der Waals surface area (Å²) in [5.41, 5.74) is -0.423. The summed E-state index contributed by atoms with van der Waals surface area (Å²) in [4.78, 5) is 9.72. The third kappa shape index (κ3) is 3.76. The van der Waals surface area contributed by atoms with Gasteiger partial charge in [-0.2, -0.15) is 0 Å². The third-order valence-electron chi connectivity index (χ3n) is 2.20. The van der Waals surface area contributed by atoms with Crippen molar-refractivity contribution in [1.82, 2.24) is 10.0 Å². The minimum Gasteiger partial charge on any atom is -0.316 e. The molecule has 18 heavy (non-hydrogen) atoms. The monoisotopic (exact) mass is 273 g/mol. The van der Waals surface area contributed by atoms with Gasteiger partial charge in [0.25, 0.3) is 5.69 Å². The zero-order valence-electron chi connectivity index (χ0n) is 9.92. The molecule has 0 atom stereocenters. The molecule has 2 N–H and O–H groups in total. The van der Waals surface area contributed by atoms with E-state index in [4.69, 9.17) is 0 Å². The van der Waals surface area contributed by atoms with Crippen LogP contribution in [0.4, 0.5) is 5.69 Å². The average Bonchev–Trinajstić information content (AvgIpc) is 2.35. The van der Waals surface area contributed by atoms with Crippen LogP contribution in [0.15, 0.2) is 29.2 Å². The van der Waals surface area contributed by atoms with Gasteiger partial charge in [-0.15, -0.1) is 0 Å². The Morgan fingerprint density at radius 2 is 1.94 bits per heavy atom. The van der Waals surface area contributed by atoms with E-state index in [-0.39, 0.29) is 11.4 Å². The summed E-state index contributed by atoms with van der Waals surface area (Å²) in [5, 5.41) is 13.7. The first-order valence-electron chi connectivity index (χ1n) is 5.43. The number of benzene rings is 1. The SMILES string of the molecule is CCNCCNS(=O)(=O)c1ccccc1[N+](=O)[O-]. The predicted molar refractivity (Wildman–Crippen MR) is 66.8 cm³/mol. The van der Waals surface area contributed by atoms with Crippen LogP contribution in [0.25, 0.3) is 0 Å². The zero-order valence-corrected chi connectivity index (χ0v) is 10.7. The molecule has 0 amide bonds. The maximum absolute atomic E-state index is 11.9. The van der Waals surface area contributed by atoms with Crippen molar-refractivity contribution < 1.29 is 13.3 Å². The van der Waals surface area contributed by atoms with Crippen molar-refractivity contribution in [2.45, 2.75) is 11.8 Å². The van der Waals surface area contributed by atoms with Crippen LogP contribution in [-0.4, -0.2) is 33.0 Å².